The molecule has 0 radical (unpaired) electrons. The van der Waals surface area contributed by atoms with Gasteiger partial charge in [-0.25, -0.2) is 9.97 Å². The summed E-state index contributed by atoms with van der Waals surface area (Å²) in [6, 6.07) is 17.3. The van der Waals surface area contributed by atoms with Gasteiger partial charge in [0.25, 0.3) is 5.88 Å². The molecule has 1 fully saturated rings. The number of benzene rings is 2. The smallest absolute Gasteiger partial charge is 0.258 e. The highest BCUT2D eigenvalue weighted by Crippen LogP contribution is 2.36. The number of hydrogen-bond acceptors (Lipinski definition) is 6. The van der Waals surface area contributed by atoms with Crippen LogP contribution in [0.5, 0.6) is 5.88 Å². The Balaban J connectivity index is 1.66. The van der Waals surface area contributed by atoms with Gasteiger partial charge in [0, 0.05) is 29.8 Å². The molecule has 32 heavy (non-hydrogen) atoms. The third-order valence-electron chi connectivity index (χ3n) is 5.45. The van der Waals surface area contributed by atoms with Gasteiger partial charge in [0.15, 0.2) is 5.82 Å². The second-order valence-corrected chi connectivity index (χ2v) is 8.14. The summed E-state index contributed by atoms with van der Waals surface area (Å²) in [7, 11) is 1.75. The van der Waals surface area contributed by atoms with Crippen molar-refractivity contribution in [1.82, 2.24) is 19.9 Å². The van der Waals surface area contributed by atoms with E-state index in [0.29, 0.717) is 28.5 Å². The van der Waals surface area contributed by atoms with Gasteiger partial charge in [0.05, 0.1) is 29.2 Å². The van der Waals surface area contributed by atoms with Gasteiger partial charge < -0.3 is 15.4 Å². The maximum absolute atomic E-state index is 11.9. The van der Waals surface area contributed by atoms with Crippen molar-refractivity contribution in [1.29, 1.82) is 0 Å². The summed E-state index contributed by atoms with van der Waals surface area (Å²) < 4.78 is 6.01. The van der Waals surface area contributed by atoms with Crippen LogP contribution >= 0.6 is 11.6 Å². The number of carbonyl (C=O) groups excluding carboxylic acids is 1. The Morgan fingerprint density at radius 3 is 2.59 bits per heavy atom. The molecule has 0 saturated carbocycles. The normalized spacial score (nSPS) is 16.0. The highest BCUT2D eigenvalue weighted by molar-refractivity contribution is 6.35. The van der Waals surface area contributed by atoms with E-state index in [2.05, 4.69) is 9.97 Å². The fourth-order valence-electron chi connectivity index (χ4n) is 3.86. The third-order valence-corrected chi connectivity index (χ3v) is 5.74. The molecule has 0 spiro atoms. The van der Waals surface area contributed by atoms with Crippen molar-refractivity contribution < 1.29 is 9.53 Å². The number of carbonyl (C=O) groups is 1. The van der Waals surface area contributed by atoms with Gasteiger partial charge in [-0.1, -0.05) is 48.0 Å². The molecule has 5 rings (SSSR count). The first-order valence-corrected chi connectivity index (χ1v) is 10.6. The largest absolute Gasteiger partial charge is 0.469 e. The molecular weight excluding hydrogens is 426 g/mol. The van der Waals surface area contributed by atoms with Crippen LogP contribution in [0.4, 0.5) is 5.82 Å². The first-order chi connectivity index (χ1) is 15.5. The summed E-state index contributed by atoms with van der Waals surface area (Å²) >= 11 is 6.54. The summed E-state index contributed by atoms with van der Waals surface area (Å²) in [5.74, 6) is 0.398. The lowest BCUT2D eigenvalue weighted by Crippen LogP contribution is -2.23. The maximum Gasteiger partial charge on any atom is 0.258 e. The minimum atomic E-state index is -0.330. The summed E-state index contributed by atoms with van der Waals surface area (Å²) in [5.41, 5.74) is 9.80. The monoisotopic (exact) mass is 445 g/mol. The number of halogens is 1. The Hall–Kier alpha value is -3.71. The average Bonchev–Trinajstić information content (AvgIpc) is 3.12. The number of nitrogens with zero attached hydrogens (tertiary/aromatic N) is 4. The number of fused-ring (bicyclic) bond motifs is 1. The number of rotatable bonds is 4. The average molecular weight is 446 g/mol. The molecule has 3 heterocycles. The Morgan fingerprint density at radius 2 is 1.84 bits per heavy atom. The van der Waals surface area contributed by atoms with Crippen LogP contribution in [-0.2, 0) is 4.79 Å². The number of nitrogens with two attached hydrogens (primary N) is 1. The quantitative estimate of drug-likeness (QED) is 0.505. The van der Waals surface area contributed by atoms with Gasteiger partial charge in [0.2, 0.25) is 5.91 Å². The van der Waals surface area contributed by atoms with Crippen molar-refractivity contribution in [3.05, 3.63) is 65.8 Å². The highest BCUT2D eigenvalue weighted by atomic mass is 35.5. The molecule has 160 valence electrons. The summed E-state index contributed by atoms with van der Waals surface area (Å²) in [4.78, 5) is 27.3. The summed E-state index contributed by atoms with van der Waals surface area (Å²) in [6.45, 7) is 0.475. The molecule has 0 aliphatic carbocycles. The Kier molecular flexibility index (Phi) is 5.11. The van der Waals surface area contributed by atoms with E-state index in [4.69, 9.17) is 27.1 Å². The number of nitrogen functional groups attached to an aromatic ring is 1. The van der Waals surface area contributed by atoms with Crippen LogP contribution in [0, 0.1) is 0 Å². The molecule has 2 N–H and O–H groups in total. The lowest BCUT2D eigenvalue weighted by molar-refractivity contribution is -0.126. The minimum Gasteiger partial charge on any atom is -0.469 e. The fourth-order valence-corrected chi connectivity index (χ4v) is 4.14. The van der Waals surface area contributed by atoms with Gasteiger partial charge in [-0.15, -0.1) is 0 Å². The fraction of sp³-hybridized carbons (Fsp3) is 0.167. The Morgan fingerprint density at radius 1 is 1.06 bits per heavy atom. The summed E-state index contributed by atoms with van der Waals surface area (Å²) in [5, 5.41) is 1.40. The molecule has 7 nitrogen and oxygen atoms in total. The highest BCUT2D eigenvalue weighted by Gasteiger charge is 2.30. The molecule has 2 aromatic heterocycles. The van der Waals surface area contributed by atoms with Crippen LogP contribution in [0.25, 0.3) is 33.4 Å². The molecule has 1 saturated heterocycles. The van der Waals surface area contributed by atoms with Gasteiger partial charge in [-0.2, -0.15) is 0 Å². The topological polar surface area (TPSA) is 94.2 Å². The molecule has 1 amide bonds. The van der Waals surface area contributed by atoms with Gasteiger partial charge in [-0.3, -0.25) is 9.78 Å². The molecule has 1 unspecified atom stereocenters. The predicted octanol–water partition coefficient (Wildman–Crippen LogP) is 4.20. The van der Waals surface area contributed by atoms with E-state index in [1.165, 1.54) is 0 Å². The van der Waals surface area contributed by atoms with E-state index in [1.807, 2.05) is 54.6 Å². The number of likely N-dealkylation sites (N-methyl/N-ethyl adjacent to an activating group) is 1. The van der Waals surface area contributed by atoms with Crippen LogP contribution in [0.2, 0.25) is 5.02 Å². The molecule has 2 aromatic carbocycles. The molecular formula is C24H20ClN5O2. The van der Waals surface area contributed by atoms with E-state index < -0.39 is 0 Å². The van der Waals surface area contributed by atoms with Gasteiger partial charge in [0.1, 0.15) is 11.8 Å². The molecule has 1 aliphatic heterocycles. The summed E-state index contributed by atoms with van der Waals surface area (Å²) in [6.07, 6.45) is 1.66. The molecule has 1 aliphatic rings. The van der Waals surface area contributed by atoms with Crippen molar-refractivity contribution >= 4 is 34.2 Å². The lowest BCUT2D eigenvalue weighted by Gasteiger charge is -2.17. The number of ether oxygens (including phenoxy) is 1. The van der Waals surface area contributed by atoms with Crippen LogP contribution in [-0.4, -0.2) is 45.5 Å². The van der Waals surface area contributed by atoms with Crippen LogP contribution in [0.1, 0.15) is 6.42 Å². The molecule has 4 aromatic rings. The maximum atomic E-state index is 11.9. The zero-order chi connectivity index (χ0) is 22.2. The SMILES string of the molecule is CN1CC(Oc2nc(-c3cc(Cl)c4ncccc4c3)c(-c3ccccc3)nc2N)CC1=O. The zero-order valence-corrected chi connectivity index (χ0v) is 18.1. The zero-order valence-electron chi connectivity index (χ0n) is 17.3. The van der Waals surface area contributed by atoms with Crippen LogP contribution < -0.4 is 10.5 Å². The number of pyridine rings is 1. The standard InChI is InChI=1S/C24H20ClN5O2/c1-30-13-17(12-19(30)31)32-24-23(26)28-21(14-6-3-2-4-7-14)22(29-24)16-10-15-8-5-9-27-20(15)18(25)11-16/h2-11,17H,12-13H2,1H3,(H2,26,28). The Labute approximate surface area is 189 Å². The van der Waals surface area contributed by atoms with Crippen molar-refractivity contribution in [2.45, 2.75) is 12.5 Å². The van der Waals surface area contributed by atoms with Crippen LogP contribution in [0.3, 0.4) is 0 Å². The van der Waals surface area contributed by atoms with Crippen molar-refractivity contribution in [2.75, 3.05) is 19.3 Å². The number of hydrogen-bond donors (Lipinski definition) is 1. The second-order valence-electron chi connectivity index (χ2n) is 7.73. The van der Waals surface area contributed by atoms with Crippen LogP contribution in [0.15, 0.2) is 60.8 Å². The Bertz CT molecular complexity index is 1330. The molecule has 1 atom stereocenters. The second kappa shape index (κ2) is 8.09. The first kappa shape index (κ1) is 20.2. The minimum absolute atomic E-state index is 0.0245. The van der Waals surface area contributed by atoms with E-state index in [0.717, 1.165) is 16.5 Å². The number of anilines is 1. The lowest BCUT2D eigenvalue weighted by atomic mass is 10.0. The van der Waals surface area contributed by atoms with E-state index in [1.54, 1.807) is 18.1 Å². The van der Waals surface area contributed by atoms with Gasteiger partial charge >= 0.3 is 0 Å². The van der Waals surface area contributed by atoms with Crippen molar-refractivity contribution in [3.63, 3.8) is 0 Å². The first-order valence-electron chi connectivity index (χ1n) is 10.2. The molecule has 0 bridgehead atoms. The number of aromatic nitrogens is 3. The van der Waals surface area contributed by atoms with Crippen molar-refractivity contribution in [3.8, 4) is 28.4 Å². The van der Waals surface area contributed by atoms with E-state index in [-0.39, 0.29) is 30.1 Å². The van der Waals surface area contributed by atoms with E-state index in [9.17, 15) is 4.79 Å². The van der Waals surface area contributed by atoms with Gasteiger partial charge in [-0.05, 0) is 18.2 Å². The third kappa shape index (κ3) is 3.71. The number of likely N-dealkylation sites (tertiary alicyclic amines) is 1. The van der Waals surface area contributed by atoms with Crippen molar-refractivity contribution in [2.24, 2.45) is 0 Å². The predicted molar refractivity (Wildman–Crippen MR) is 124 cm³/mol. The molecule has 8 heteroatoms. The van der Waals surface area contributed by atoms with E-state index >= 15 is 0 Å². The number of amides is 1.